The van der Waals surface area contributed by atoms with E-state index in [1.807, 2.05) is 55.4 Å². The highest BCUT2D eigenvalue weighted by Gasteiger charge is 2.26. The van der Waals surface area contributed by atoms with E-state index in [-0.39, 0.29) is 0 Å². The van der Waals surface area contributed by atoms with E-state index < -0.39 is 0 Å². The Bertz CT molecular complexity index is 3380. The summed E-state index contributed by atoms with van der Waals surface area (Å²) in [5, 5.41) is 0. The predicted octanol–water partition coefficient (Wildman–Crippen LogP) is 21.6. The van der Waals surface area contributed by atoms with E-state index in [1.54, 1.807) is 45.3 Å². The van der Waals surface area contributed by atoms with Gasteiger partial charge < -0.3 is 47.7 Å². The number of ether oxygens (including phenoxy) is 8. The summed E-state index contributed by atoms with van der Waals surface area (Å²) in [4.78, 5) is 13.2. The summed E-state index contributed by atoms with van der Waals surface area (Å²) in [6.07, 6.45) is 0. The van der Waals surface area contributed by atoms with Crippen molar-refractivity contribution >= 4 is 79.5 Å². The minimum atomic E-state index is 0.546. The normalized spacial score (nSPS) is 11.2. The maximum atomic E-state index is 6.23. The van der Waals surface area contributed by atoms with E-state index >= 15 is 0 Å². The van der Waals surface area contributed by atoms with Crippen molar-refractivity contribution in [3.8, 4) is 98.9 Å². The number of rotatable bonds is 27. The summed E-state index contributed by atoms with van der Waals surface area (Å²) in [6.45, 7) is 28.9. The maximum Gasteiger partial charge on any atom is 0.180 e. The fourth-order valence-electron chi connectivity index (χ4n) is 10.7. The Kier molecular flexibility index (Phi) is 20.0. The Balaban J connectivity index is 1.00. The lowest BCUT2D eigenvalue weighted by atomic mass is 10.0. The zero-order chi connectivity index (χ0) is 60.4. The van der Waals surface area contributed by atoms with Gasteiger partial charge in [0.1, 0.15) is 0 Å². The van der Waals surface area contributed by atoms with E-state index in [2.05, 4.69) is 183 Å². The Hall–Kier alpha value is -7.88. The van der Waals surface area contributed by atoms with Gasteiger partial charge in [-0.1, -0.05) is 72.8 Å². The molecule has 0 aliphatic carbocycles. The summed E-state index contributed by atoms with van der Waals surface area (Å²) in [5.41, 5.74) is 12.6. The molecule has 0 saturated carbocycles. The second-order valence-electron chi connectivity index (χ2n) is 20.0. The van der Waals surface area contributed by atoms with E-state index in [1.165, 1.54) is 0 Å². The van der Waals surface area contributed by atoms with Gasteiger partial charge in [0.2, 0.25) is 0 Å². The zero-order valence-corrected chi connectivity index (χ0v) is 54.6. The van der Waals surface area contributed by atoms with Gasteiger partial charge in [0.05, 0.1) is 72.4 Å². The monoisotopic (exact) mass is 1220 g/mol. The van der Waals surface area contributed by atoms with Crippen LogP contribution in [0.25, 0.3) is 52.9 Å². The summed E-state index contributed by atoms with van der Waals surface area (Å²) in [5.74, 6) is 6.49. The molecule has 0 fully saturated rings. The molecule has 0 aliphatic heterocycles. The van der Waals surface area contributed by atoms with Crippen LogP contribution in [0.15, 0.2) is 146 Å². The van der Waals surface area contributed by atoms with Crippen molar-refractivity contribution in [2.45, 2.75) is 83.1 Å². The van der Waals surface area contributed by atoms with Crippen LogP contribution < -0.4 is 47.7 Å². The molecule has 4 heterocycles. The Morgan fingerprint density at radius 2 is 0.372 bits per heavy atom. The first kappa shape index (κ1) is 61.2. The predicted molar refractivity (Wildman–Crippen MR) is 363 cm³/mol. The largest absolute Gasteiger partial charge is 0.489 e. The van der Waals surface area contributed by atoms with Crippen LogP contribution in [0.1, 0.15) is 74.9 Å². The minimum Gasteiger partial charge on any atom is -0.489 e. The van der Waals surface area contributed by atoms with Crippen LogP contribution in [0.3, 0.4) is 0 Å². The third kappa shape index (κ3) is 12.7. The molecule has 14 heteroatoms. The smallest absolute Gasteiger partial charge is 0.180 e. The Morgan fingerprint density at radius 1 is 0.221 bits per heavy atom. The number of hydrogen-bond donors (Lipinski definition) is 0. The number of hydrogen-bond acceptors (Lipinski definition) is 14. The number of thiophene rings is 4. The molecule has 10 aromatic rings. The SMILES string of the molecule is CCOc1c(C)sc(-c2ccc(N(c3ccc(-c4ccc(N(c5ccc(-c6sc(C)c(OCC)c6OCC)cc5)c5ccc(-c6sc(C)c(OCC)c6OCC)cc5)cc4)cc3)c3ccc(-c4sc(C)c(OCC)c4OCC)cc3)cc2)c1OCC. The first-order valence-electron chi connectivity index (χ1n) is 29.8. The van der Waals surface area contributed by atoms with Crippen LogP contribution in [0.4, 0.5) is 34.1 Å². The van der Waals surface area contributed by atoms with Crippen LogP contribution in [0.2, 0.25) is 0 Å². The van der Waals surface area contributed by atoms with Crippen LogP contribution in [0, 0.1) is 27.7 Å². The summed E-state index contributed by atoms with van der Waals surface area (Å²) in [6, 6.07) is 52.7. The van der Waals surface area contributed by atoms with Gasteiger partial charge in [-0.3, -0.25) is 0 Å². The third-order valence-electron chi connectivity index (χ3n) is 14.4. The van der Waals surface area contributed by atoms with Crippen LogP contribution in [0.5, 0.6) is 46.0 Å². The first-order chi connectivity index (χ1) is 42.0. The van der Waals surface area contributed by atoms with Crippen molar-refractivity contribution in [2.75, 3.05) is 62.7 Å². The maximum absolute atomic E-state index is 6.23. The van der Waals surface area contributed by atoms with Gasteiger partial charge in [0.25, 0.3) is 0 Å². The van der Waals surface area contributed by atoms with E-state index in [9.17, 15) is 0 Å². The van der Waals surface area contributed by atoms with E-state index in [4.69, 9.17) is 37.9 Å². The van der Waals surface area contributed by atoms with E-state index in [0.717, 1.165) is 153 Å². The zero-order valence-electron chi connectivity index (χ0n) is 51.3. The lowest BCUT2D eigenvalue weighted by Gasteiger charge is -2.27. The Morgan fingerprint density at radius 3 is 0.535 bits per heavy atom. The molecule has 0 amide bonds. The van der Waals surface area contributed by atoms with Gasteiger partial charge in [0.15, 0.2) is 46.0 Å². The number of anilines is 6. The molecular formula is C72H76N2O8S4. The molecule has 0 aliphatic rings. The molecule has 86 heavy (non-hydrogen) atoms. The topological polar surface area (TPSA) is 80.3 Å². The molecule has 446 valence electrons. The van der Waals surface area contributed by atoms with Crippen molar-refractivity contribution in [3.63, 3.8) is 0 Å². The van der Waals surface area contributed by atoms with Crippen LogP contribution in [-0.2, 0) is 0 Å². The molecule has 0 spiro atoms. The molecular weight excluding hydrogens is 1150 g/mol. The van der Waals surface area contributed by atoms with Gasteiger partial charge in [-0.2, -0.15) is 0 Å². The standard InChI is InChI=1S/C72H76N2O8S4/c1-13-75-61-45(9)83-69(65(61)79-17-5)51-25-37-57(38-26-51)73(58-39-27-52(28-40-58)70-66(80-18-6)62(76-14-2)46(10)84-70)55-33-21-49(22-34-55)50-23-35-56(36-24-50)74(59-41-29-53(30-42-59)71-67(81-19-7)63(77-15-3)47(11)85-71)60-43-31-54(32-44-60)72-68(82-20-8)64(78-16-4)48(12)86-72/h21-44H,13-20H2,1-12H3. The van der Waals surface area contributed by atoms with Gasteiger partial charge in [0, 0.05) is 53.6 Å². The summed E-state index contributed by atoms with van der Waals surface area (Å²) in [7, 11) is 0. The molecule has 0 N–H and O–H groups in total. The molecule has 0 saturated heterocycles. The second kappa shape index (κ2) is 28.1. The van der Waals surface area contributed by atoms with Gasteiger partial charge in [-0.05, 0) is 189 Å². The summed E-state index contributed by atoms with van der Waals surface area (Å²) < 4.78 is 49.3. The number of benzene rings is 6. The van der Waals surface area contributed by atoms with Crippen molar-refractivity contribution in [3.05, 3.63) is 165 Å². The molecule has 10 nitrogen and oxygen atoms in total. The first-order valence-corrected chi connectivity index (χ1v) is 33.0. The van der Waals surface area contributed by atoms with E-state index in [0.29, 0.717) is 52.9 Å². The molecule has 4 aromatic heterocycles. The third-order valence-corrected chi connectivity index (χ3v) is 18.9. The molecule has 10 rings (SSSR count). The van der Waals surface area contributed by atoms with Crippen molar-refractivity contribution < 1.29 is 37.9 Å². The fraction of sp³-hybridized carbons (Fsp3) is 0.278. The highest BCUT2D eigenvalue weighted by Crippen LogP contribution is 2.53. The Labute approximate surface area is 523 Å². The lowest BCUT2D eigenvalue weighted by Crippen LogP contribution is -2.10. The lowest BCUT2D eigenvalue weighted by molar-refractivity contribution is 0.290. The molecule has 0 radical (unpaired) electrons. The quantitative estimate of drug-likeness (QED) is 0.0497. The molecule has 0 atom stereocenters. The molecule has 0 bridgehead atoms. The van der Waals surface area contributed by atoms with Gasteiger partial charge in [-0.25, -0.2) is 0 Å². The van der Waals surface area contributed by atoms with Gasteiger partial charge in [-0.15, -0.1) is 45.3 Å². The number of aryl methyl sites for hydroxylation is 4. The average molecular weight is 1230 g/mol. The second-order valence-corrected chi connectivity index (χ2v) is 24.9. The van der Waals surface area contributed by atoms with Crippen molar-refractivity contribution in [1.29, 1.82) is 0 Å². The highest BCUT2D eigenvalue weighted by molar-refractivity contribution is 7.17. The number of nitrogens with zero attached hydrogens (tertiary/aromatic N) is 2. The van der Waals surface area contributed by atoms with Crippen LogP contribution in [-0.4, -0.2) is 52.9 Å². The highest BCUT2D eigenvalue weighted by atomic mass is 32.1. The molecule has 0 unspecified atom stereocenters. The average Bonchev–Trinajstić information content (AvgIpc) is 3.31. The minimum absolute atomic E-state index is 0.546. The molecule has 6 aromatic carbocycles. The van der Waals surface area contributed by atoms with Crippen molar-refractivity contribution in [1.82, 2.24) is 0 Å². The van der Waals surface area contributed by atoms with Gasteiger partial charge >= 0.3 is 0 Å². The van der Waals surface area contributed by atoms with Crippen LogP contribution >= 0.6 is 45.3 Å². The summed E-state index contributed by atoms with van der Waals surface area (Å²) >= 11 is 6.79. The fourth-order valence-corrected chi connectivity index (χ4v) is 14.9. The van der Waals surface area contributed by atoms with Crippen molar-refractivity contribution in [2.24, 2.45) is 0 Å².